The van der Waals surface area contributed by atoms with Crippen molar-refractivity contribution in [1.29, 1.82) is 0 Å². The monoisotopic (exact) mass is 335 g/mol. The molecule has 2 aromatic rings. The fraction of sp³-hybridized carbons (Fsp3) is 0.250. The van der Waals surface area contributed by atoms with Crippen molar-refractivity contribution < 1.29 is 9.47 Å². The van der Waals surface area contributed by atoms with E-state index < -0.39 is 0 Å². The van der Waals surface area contributed by atoms with Crippen LogP contribution in [0.1, 0.15) is 18.5 Å². The van der Waals surface area contributed by atoms with E-state index in [0.717, 1.165) is 10.2 Å². The van der Waals surface area contributed by atoms with E-state index in [1.807, 2.05) is 37.4 Å². The van der Waals surface area contributed by atoms with Crippen LogP contribution in [0.25, 0.3) is 0 Å². The predicted molar refractivity (Wildman–Crippen MR) is 84.7 cm³/mol. The summed E-state index contributed by atoms with van der Waals surface area (Å²) in [6.07, 6.45) is 0. The summed E-state index contributed by atoms with van der Waals surface area (Å²) < 4.78 is 12.1. The number of ether oxygens (including phenoxy) is 2. The van der Waals surface area contributed by atoms with Crippen molar-refractivity contribution in [3.63, 3.8) is 0 Å². The first-order chi connectivity index (χ1) is 9.65. The molecule has 0 fully saturated rings. The predicted octanol–water partition coefficient (Wildman–Crippen LogP) is 4.53. The Morgan fingerprint density at radius 1 is 1.05 bits per heavy atom. The van der Waals surface area contributed by atoms with Crippen LogP contribution in [-0.4, -0.2) is 14.2 Å². The first kappa shape index (κ1) is 14.9. The summed E-state index contributed by atoms with van der Waals surface area (Å²) in [5, 5.41) is 3.21. The highest BCUT2D eigenvalue weighted by atomic mass is 79.9. The third kappa shape index (κ3) is 3.32. The van der Waals surface area contributed by atoms with E-state index >= 15 is 0 Å². The Morgan fingerprint density at radius 3 is 2.35 bits per heavy atom. The van der Waals surface area contributed by atoms with Crippen molar-refractivity contribution in [2.45, 2.75) is 13.0 Å². The molecule has 0 radical (unpaired) electrons. The van der Waals surface area contributed by atoms with Crippen LogP contribution in [0.5, 0.6) is 17.2 Å². The summed E-state index contributed by atoms with van der Waals surface area (Å²) in [5.74, 6) is 2.18. The lowest BCUT2D eigenvalue weighted by atomic mass is 10.1. The van der Waals surface area contributed by atoms with E-state index in [1.165, 1.54) is 5.56 Å². The SMILES string of the molecule is CNC(C)c1ccc(Oc2ccccc2OC)c(Br)c1. The summed E-state index contributed by atoms with van der Waals surface area (Å²) >= 11 is 3.55. The van der Waals surface area contributed by atoms with Crippen LogP contribution in [-0.2, 0) is 0 Å². The zero-order chi connectivity index (χ0) is 14.5. The Kier molecular flexibility index (Phi) is 5.04. The highest BCUT2D eigenvalue weighted by Crippen LogP contribution is 2.35. The molecule has 2 rings (SSSR count). The van der Waals surface area contributed by atoms with Crippen LogP contribution in [0.3, 0.4) is 0 Å². The van der Waals surface area contributed by atoms with Gasteiger partial charge in [-0.2, -0.15) is 0 Å². The van der Waals surface area contributed by atoms with E-state index in [-0.39, 0.29) is 0 Å². The van der Waals surface area contributed by atoms with Gasteiger partial charge in [0.25, 0.3) is 0 Å². The van der Waals surface area contributed by atoms with E-state index in [4.69, 9.17) is 9.47 Å². The summed E-state index contributed by atoms with van der Waals surface area (Å²) in [6.45, 7) is 2.11. The third-order valence-electron chi connectivity index (χ3n) is 3.18. The van der Waals surface area contributed by atoms with Crippen LogP contribution in [0.4, 0.5) is 0 Å². The molecular formula is C16H18BrNO2. The summed E-state index contributed by atoms with van der Waals surface area (Å²) in [4.78, 5) is 0. The molecule has 4 heteroatoms. The molecule has 0 aliphatic carbocycles. The molecule has 106 valence electrons. The van der Waals surface area contributed by atoms with Gasteiger partial charge in [-0.25, -0.2) is 0 Å². The number of para-hydroxylation sites is 2. The lowest BCUT2D eigenvalue weighted by molar-refractivity contribution is 0.378. The standard InChI is InChI=1S/C16H18BrNO2/c1-11(18-2)12-8-9-14(13(17)10-12)20-16-7-5-4-6-15(16)19-3/h4-11,18H,1-3H3. The summed E-state index contributed by atoms with van der Waals surface area (Å²) in [7, 11) is 3.58. The van der Waals surface area contributed by atoms with Crippen molar-refractivity contribution in [1.82, 2.24) is 5.32 Å². The van der Waals surface area contributed by atoms with E-state index in [2.05, 4.69) is 40.3 Å². The van der Waals surface area contributed by atoms with E-state index in [9.17, 15) is 0 Å². The smallest absolute Gasteiger partial charge is 0.169 e. The highest BCUT2D eigenvalue weighted by Gasteiger charge is 2.10. The number of hydrogen-bond acceptors (Lipinski definition) is 3. The fourth-order valence-corrected chi connectivity index (χ4v) is 2.33. The van der Waals surface area contributed by atoms with Gasteiger partial charge in [-0.15, -0.1) is 0 Å². The Bertz CT molecular complexity index is 586. The molecule has 0 aliphatic rings. The highest BCUT2D eigenvalue weighted by molar-refractivity contribution is 9.10. The number of nitrogens with one attached hydrogen (secondary N) is 1. The van der Waals surface area contributed by atoms with Crippen molar-refractivity contribution >= 4 is 15.9 Å². The molecular weight excluding hydrogens is 318 g/mol. The molecule has 0 spiro atoms. The Labute approximate surface area is 128 Å². The van der Waals surface area contributed by atoms with Gasteiger partial charge in [0.15, 0.2) is 11.5 Å². The molecule has 0 aliphatic heterocycles. The third-order valence-corrected chi connectivity index (χ3v) is 3.80. The summed E-state index contributed by atoms with van der Waals surface area (Å²) in [5.41, 5.74) is 1.20. The van der Waals surface area contributed by atoms with Gasteiger partial charge in [-0.1, -0.05) is 18.2 Å². The Hall–Kier alpha value is -1.52. The van der Waals surface area contributed by atoms with Crippen molar-refractivity contribution in [2.75, 3.05) is 14.2 Å². The number of hydrogen-bond donors (Lipinski definition) is 1. The van der Waals surface area contributed by atoms with Crippen molar-refractivity contribution in [3.05, 3.63) is 52.5 Å². The lowest BCUT2D eigenvalue weighted by Crippen LogP contribution is -2.12. The molecule has 3 nitrogen and oxygen atoms in total. The van der Waals surface area contributed by atoms with Gasteiger partial charge in [0.2, 0.25) is 0 Å². The zero-order valence-corrected chi connectivity index (χ0v) is 13.4. The molecule has 0 bridgehead atoms. The minimum Gasteiger partial charge on any atom is -0.493 e. The number of benzene rings is 2. The Morgan fingerprint density at radius 2 is 1.75 bits per heavy atom. The average molecular weight is 336 g/mol. The number of rotatable bonds is 5. The number of methoxy groups -OCH3 is 1. The zero-order valence-electron chi connectivity index (χ0n) is 11.8. The average Bonchev–Trinajstić information content (AvgIpc) is 2.49. The maximum absolute atomic E-state index is 5.91. The molecule has 20 heavy (non-hydrogen) atoms. The second-order valence-corrected chi connectivity index (χ2v) is 5.31. The van der Waals surface area contributed by atoms with Crippen LogP contribution >= 0.6 is 15.9 Å². The topological polar surface area (TPSA) is 30.5 Å². The van der Waals surface area contributed by atoms with Crippen molar-refractivity contribution in [3.8, 4) is 17.2 Å². The van der Waals surface area contributed by atoms with Crippen LogP contribution in [0.15, 0.2) is 46.9 Å². The minimum absolute atomic E-state index is 0.298. The van der Waals surface area contributed by atoms with Gasteiger partial charge >= 0.3 is 0 Å². The van der Waals surface area contributed by atoms with Gasteiger partial charge in [0, 0.05) is 6.04 Å². The van der Waals surface area contributed by atoms with Crippen LogP contribution in [0, 0.1) is 0 Å². The molecule has 0 amide bonds. The molecule has 0 saturated heterocycles. The first-order valence-electron chi connectivity index (χ1n) is 6.43. The molecule has 2 aromatic carbocycles. The maximum Gasteiger partial charge on any atom is 0.169 e. The van der Waals surface area contributed by atoms with E-state index in [0.29, 0.717) is 17.5 Å². The second kappa shape index (κ2) is 6.77. The molecule has 1 atom stereocenters. The van der Waals surface area contributed by atoms with Crippen molar-refractivity contribution in [2.24, 2.45) is 0 Å². The largest absolute Gasteiger partial charge is 0.493 e. The molecule has 1 N–H and O–H groups in total. The lowest BCUT2D eigenvalue weighted by Gasteiger charge is -2.14. The molecule has 0 saturated carbocycles. The van der Waals surface area contributed by atoms with Gasteiger partial charge in [0.1, 0.15) is 5.75 Å². The normalized spacial score (nSPS) is 12.0. The fourth-order valence-electron chi connectivity index (χ4n) is 1.86. The number of halogens is 1. The van der Waals surface area contributed by atoms with Gasteiger partial charge in [0.05, 0.1) is 11.6 Å². The van der Waals surface area contributed by atoms with E-state index in [1.54, 1.807) is 7.11 Å². The van der Waals surface area contributed by atoms with Crippen LogP contribution in [0.2, 0.25) is 0 Å². The van der Waals surface area contributed by atoms with Gasteiger partial charge in [-0.3, -0.25) is 0 Å². The molecule has 1 unspecified atom stereocenters. The van der Waals surface area contributed by atoms with Crippen LogP contribution < -0.4 is 14.8 Å². The summed E-state index contributed by atoms with van der Waals surface area (Å²) in [6, 6.07) is 14.0. The maximum atomic E-state index is 5.91. The minimum atomic E-state index is 0.298. The quantitative estimate of drug-likeness (QED) is 0.870. The second-order valence-electron chi connectivity index (χ2n) is 4.45. The molecule has 0 heterocycles. The van der Waals surface area contributed by atoms with Gasteiger partial charge in [-0.05, 0) is 59.7 Å². The van der Waals surface area contributed by atoms with Gasteiger partial charge < -0.3 is 14.8 Å². The first-order valence-corrected chi connectivity index (χ1v) is 7.22. The Balaban J connectivity index is 2.26. The molecule has 0 aromatic heterocycles.